The Balaban J connectivity index is 1.50. The van der Waals surface area contributed by atoms with Crippen molar-refractivity contribution in [1.29, 1.82) is 0 Å². The molecule has 202 valence electrons. The van der Waals surface area contributed by atoms with Crippen LogP contribution in [0.3, 0.4) is 0 Å². The van der Waals surface area contributed by atoms with Crippen LogP contribution in [-0.2, 0) is 9.59 Å². The Morgan fingerprint density at radius 2 is 1.72 bits per heavy atom. The molecular formula is C30H30ClFN4O3. The molecule has 39 heavy (non-hydrogen) atoms. The van der Waals surface area contributed by atoms with E-state index in [9.17, 15) is 14.0 Å². The van der Waals surface area contributed by atoms with Crippen LogP contribution in [0.15, 0.2) is 84.9 Å². The van der Waals surface area contributed by atoms with Crippen molar-refractivity contribution < 1.29 is 18.7 Å². The highest BCUT2D eigenvalue weighted by atomic mass is 35.5. The average molecular weight is 549 g/mol. The number of benzene rings is 3. The number of anilines is 1. The molecule has 0 spiro atoms. The Labute approximate surface area is 232 Å². The number of carbonyl (C=O) groups is 2. The van der Waals surface area contributed by atoms with Gasteiger partial charge in [-0.1, -0.05) is 61.7 Å². The van der Waals surface area contributed by atoms with Crippen molar-refractivity contribution in [2.75, 3.05) is 25.0 Å². The monoisotopic (exact) mass is 548 g/mol. The fourth-order valence-corrected chi connectivity index (χ4v) is 4.09. The predicted molar refractivity (Wildman–Crippen MR) is 151 cm³/mol. The van der Waals surface area contributed by atoms with Crippen molar-refractivity contribution in [1.82, 2.24) is 14.7 Å². The van der Waals surface area contributed by atoms with Gasteiger partial charge in [-0.3, -0.25) is 9.59 Å². The van der Waals surface area contributed by atoms with E-state index in [1.165, 1.54) is 17.0 Å². The molecule has 9 heteroatoms. The van der Waals surface area contributed by atoms with Crippen LogP contribution in [0.25, 0.3) is 16.9 Å². The van der Waals surface area contributed by atoms with Crippen molar-refractivity contribution in [3.8, 4) is 22.7 Å². The smallest absolute Gasteiger partial charge is 0.260 e. The maximum absolute atomic E-state index is 13.6. The zero-order chi connectivity index (χ0) is 27.6. The molecule has 0 unspecified atom stereocenters. The van der Waals surface area contributed by atoms with Crippen LogP contribution in [0, 0.1) is 5.82 Å². The molecule has 0 aliphatic heterocycles. The maximum Gasteiger partial charge on any atom is 0.260 e. The maximum atomic E-state index is 13.6. The average Bonchev–Trinajstić information content (AvgIpc) is 3.36. The molecule has 7 nitrogen and oxygen atoms in total. The Kier molecular flexibility index (Phi) is 9.69. The number of nitrogens with one attached hydrogen (secondary N) is 1. The van der Waals surface area contributed by atoms with Crippen molar-refractivity contribution in [3.05, 3.63) is 95.8 Å². The van der Waals surface area contributed by atoms with E-state index >= 15 is 0 Å². The van der Waals surface area contributed by atoms with Gasteiger partial charge in [-0.25, -0.2) is 9.07 Å². The van der Waals surface area contributed by atoms with Crippen LogP contribution in [0.2, 0.25) is 5.02 Å². The molecule has 0 aliphatic carbocycles. The van der Waals surface area contributed by atoms with Gasteiger partial charge < -0.3 is 15.0 Å². The van der Waals surface area contributed by atoms with Gasteiger partial charge in [0.1, 0.15) is 23.9 Å². The third-order valence-electron chi connectivity index (χ3n) is 6.01. The summed E-state index contributed by atoms with van der Waals surface area (Å²) in [5.41, 5.74) is 2.09. The van der Waals surface area contributed by atoms with Crippen molar-refractivity contribution in [2.45, 2.75) is 26.2 Å². The third kappa shape index (κ3) is 7.91. The standard InChI is InChI=1S/C30H30ClFN4O3/c1-2-3-7-18-35(30(38)21-39-26-16-10-23(31)11-17-26)20-29(37)33-28-19-27(22-8-5-4-6-9-22)34-36(28)25-14-12-24(32)13-15-25/h4-6,8-17,19H,2-3,7,18,20-21H2,1H3,(H,33,37). The van der Waals surface area contributed by atoms with Gasteiger partial charge in [0.05, 0.1) is 11.4 Å². The van der Waals surface area contributed by atoms with Gasteiger partial charge in [0.2, 0.25) is 5.91 Å². The molecule has 0 aliphatic rings. The topological polar surface area (TPSA) is 76.5 Å². The van der Waals surface area contributed by atoms with Gasteiger partial charge >= 0.3 is 0 Å². The number of carbonyl (C=O) groups excluding carboxylic acids is 2. The Bertz CT molecular complexity index is 1380. The summed E-state index contributed by atoms with van der Waals surface area (Å²) in [6.07, 6.45) is 2.68. The van der Waals surface area contributed by atoms with Gasteiger partial charge in [0, 0.05) is 23.2 Å². The van der Waals surface area contributed by atoms with E-state index in [2.05, 4.69) is 17.3 Å². The van der Waals surface area contributed by atoms with Crippen LogP contribution >= 0.6 is 11.6 Å². The molecule has 0 atom stereocenters. The molecule has 0 saturated carbocycles. The van der Waals surface area contributed by atoms with E-state index in [1.807, 2.05) is 30.3 Å². The summed E-state index contributed by atoms with van der Waals surface area (Å²) in [5.74, 6) is -0.129. The van der Waals surface area contributed by atoms with E-state index in [-0.39, 0.29) is 30.8 Å². The molecule has 2 amide bonds. The summed E-state index contributed by atoms with van der Waals surface area (Å²) < 4.78 is 20.7. The number of ether oxygens (including phenoxy) is 1. The molecule has 1 N–H and O–H groups in total. The van der Waals surface area contributed by atoms with Crippen LogP contribution in [0.1, 0.15) is 26.2 Å². The lowest BCUT2D eigenvalue weighted by Crippen LogP contribution is -2.41. The quantitative estimate of drug-likeness (QED) is 0.209. The zero-order valence-electron chi connectivity index (χ0n) is 21.6. The molecule has 0 bridgehead atoms. The van der Waals surface area contributed by atoms with E-state index in [1.54, 1.807) is 47.1 Å². The normalized spacial score (nSPS) is 10.7. The van der Waals surface area contributed by atoms with Gasteiger partial charge in [0.15, 0.2) is 6.61 Å². The first-order valence-electron chi connectivity index (χ1n) is 12.8. The molecule has 0 fully saturated rings. The number of rotatable bonds is 12. The molecule has 1 aromatic heterocycles. The van der Waals surface area contributed by atoms with Gasteiger partial charge in [0.25, 0.3) is 5.91 Å². The number of nitrogens with zero attached hydrogens (tertiary/aromatic N) is 3. The van der Waals surface area contributed by atoms with E-state index in [0.717, 1.165) is 24.8 Å². The Hall–Kier alpha value is -4.17. The number of amides is 2. The number of hydrogen-bond acceptors (Lipinski definition) is 4. The van der Waals surface area contributed by atoms with E-state index in [4.69, 9.17) is 16.3 Å². The van der Waals surface area contributed by atoms with Gasteiger partial charge in [-0.05, 0) is 55.0 Å². The van der Waals surface area contributed by atoms with E-state index in [0.29, 0.717) is 34.5 Å². The number of unbranched alkanes of at least 4 members (excludes halogenated alkanes) is 2. The molecule has 4 aromatic rings. The van der Waals surface area contributed by atoms with E-state index < -0.39 is 0 Å². The first kappa shape index (κ1) is 27.9. The number of halogens is 2. The third-order valence-corrected chi connectivity index (χ3v) is 6.26. The SMILES string of the molecule is CCCCCN(CC(=O)Nc1cc(-c2ccccc2)nn1-c1ccc(F)cc1)C(=O)COc1ccc(Cl)cc1. The molecule has 0 radical (unpaired) electrons. The second kappa shape index (κ2) is 13.6. The fourth-order valence-electron chi connectivity index (χ4n) is 3.97. The Morgan fingerprint density at radius 3 is 2.41 bits per heavy atom. The minimum Gasteiger partial charge on any atom is -0.484 e. The van der Waals surface area contributed by atoms with Crippen molar-refractivity contribution >= 4 is 29.2 Å². The number of aromatic nitrogens is 2. The van der Waals surface area contributed by atoms with Crippen molar-refractivity contribution in [2.24, 2.45) is 0 Å². The summed E-state index contributed by atoms with van der Waals surface area (Å²) in [6.45, 7) is 2.15. The fraction of sp³-hybridized carbons (Fsp3) is 0.233. The highest BCUT2D eigenvalue weighted by Gasteiger charge is 2.20. The summed E-state index contributed by atoms with van der Waals surface area (Å²) in [5, 5.41) is 8.11. The highest BCUT2D eigenvalue weighted by molar-refractivity contribution is 6.30. The lowest BCUT2D eigenvalue weighted by molar-refractivity contribution is -0.136. The molecular weight excluding hydrogens is 519 g/mol. The summed E-state index contributed by atoms with van der Waals surface area (Å²) in [7, 11) is 0. The minimum absolute atomic E-state index is 0.151. The summed E-state index contributed by atoms with van der Waals surface area (Å²) >= 11 is 5.91. The van der Waals surface area contributed by atoms with Gasteiger partial charge in [-0.15, -0.1) is 0 Å². The van der Waals surface area contributed by atoms with Crippen LogP contribution in [-0.4, -0.2) is 46.2 Å². The first-order chi connectivity index (χ1) is 18.9. The lowest BCUT2D eigenvalue weighted by atomic mass is 10.1. The zero-order valence-corrected chi connectivity index (χ0v) is 22.4. The molecule has 0 saturated heterocycles. The van der Waals surface area contributed by atoms with Crippen molar-refractivity contribution in [3.63, 3.8) is 0 Å². The lowest BCUT2D eigenvalue weighted by Gasteiger charge is -2.22. The number of hydrogen-bond donors (Lipinski definition) is 1. The van der Waals surface area contributed by atoms with Crippen LogP contribution in [0.5, 0.6) is 5.75 Å². The van der Waals surface area contributed by atoms with Gasteiger partial charge in [-0.2, -0.15) is 5.10 Å². The Morgan fingerprint density at radius 1 is 1.00 bits per heavy atom. The molecule has 4 rings (SSSR count). The summed E-state index contributed by atoms with van der Waals surface area (Å²) in [6, 6.07) is 23.9. The van der Waals surface area contributed by atoms with Crippen LogP contribution in [0.4, 0.5) is 10.2 Å². The largest absolute Gasteiger partial charge is 0.484 e. The minimum atomic E-state index is -0.380. The highest BCUT2D eigenvalue weighted by Crippen LogP contribution is 2.25. The second-order valence-corrected chi connectivity index (χ2v) is 9.42. The molecule has 3 aromatic carbocycles. The second-order valence-electron chi connectivity index (χ2n) is 8.98. The predicted octanol–water partition coefficient (Wildman–Crippen LogP) is 6.37. The molecule has 1 heterocycles. The first-order valence-corrected chi connectivity index (χ1v) is 13.2. The van der Waals surface area contributed by atoms with Crippen LogP contribution < -0.4 is 10.1 Å². The summed E-state index contributed by atoms with van der Waals surface area (Å²) in [4.78, 5) is 27.7.